The third kappa shape index (κ3) is 18100. The van der Waals surface area contributed by atoms with Crippen molar-refractivity contribution in [1.82, 2.24) is 0 Å². The van der Waals surface area contributed by atoms with Crippen LogP contribution in [0.25, 0.3) is 0 Å². The molecule has 0 rings (SSSR count). The summed E-state index contributed by atoms with van der Waals surface area (Å²) in [5.41, 5.74) is 0. The van der Waals surface area contributed by atoms with Crippen molar-refractivity contribution in [2.75, 3.05) is 0 Å². The molecule has 0 amide bonds. The first-order chi connectivity index (χ1) is 5.20. The van der Waals surface area contributed by atoms with Gasteiger partial charge in [0.1, 0.15) is 0 Å². The molecule has 17 heavy (non-hydrogen) atoms. The van der Waals surface area contributed by atoms with E-state index in [1.807, 2.05) is 0 Å². The number of rotatable bonds is 0. The van der Waals surface area contributed by atoms with Crippen LogP contribution in [0.1, 0.15) is 20.8 Å². The normalized spacial score (nSPS) is 4.41. The molecule has 0 fully saturated rings. The summed E-state index contributed by atoms with van der Waals surface area (Å²) in [5, 5.41) is 26.7. The average molecular weight is 393 g/mol. The number of carboxylic acid groups (broad SMARTS) is 3. The molecule has 0 aliphatic rings. The monoisotopic (exact) mass is 391 g/mol. The Kier molecular flexibility index (Phi) is 144. The van der Waals surface area contributed by atoms with Crippen molar-refractivity contribution in [3.63, 3.8) is 0 Å². The van der Waals surface area contributed by atoms with Gasteiger partial charge in [0, 0.05) is 17.9 Å². The predicted octanol–water partition coefficient (Wildman–Crippen LogP) is -7.03. The molecule has 0 aromatic heterocycles. The molecule has 0 atom stereocenters. The van der Waals surface area contributed by atoms with Gasteiger partial charge in [-0.25, -0.2) is 0 Å². The van der Waals surface area contributed by atoms with E-state index in [1.54, 1.807) is 0 Å². The van der Waals surface area contributed by atoms with E-state index >= 15 is 0 Å². The van der Waals surface area contributed by atoms with Gasteiger partial charge in [0.25, 0.3) is 0 Å². The number of carbonyl (C=O) groups excluding carboxylic acids is 3. The van der Waals surface area contributed by atoms with Crippen LogP contribution in [0.15, 0.2) is 0 Å². The molecule has 8 N–H and O–H groups in total. The van der Waals surface area contributed by atoms with Crippen LogP contribution in [-0.2, 0) is 14.4 Å². The van der Waals surface area contributed by atoms with Crippen LogP contribution in [0.4, 0.5) is 0 Å². The third-order valence-electron chi connectivity index (χ3n) is 0. The number of aliphatic carboxylic acids is 3. The molecule has 10 nitrogen and oxygen atoms in total. The van der Waals surface area contributed by atoms with Crippen LogP contribution in [0, 0.1) is 40.8 Å². The first kappa shape index (κ1) is 54.6. The smallest absolute Gasteiger partial charge is 0.550 e. The van der Waals surface area contributed by atoms with Gasteiger partial charge in [-0.1, -0.05) is 0 Å². The van der Waals surface area contributed by atoms with E-state index in [0.29, 0.717) is 0 Å². The van der Waals surface area contributed by atoms with Crippen molar-refractivity contribution in [1.29, 1.82) is 0 Å². The Labute approximate surface area is 130 Å². The SMILES string of the molecule is CC(=O)[O-].CC(=O)[O-].CC(=O)[O-].O.O.O.O.[Nd+3]. The molecular weight excluding hydrogens is 376 g/mol. The van der Waals surface area contributed by atoms with E-state index in [4.69, 9.17) is 29.7 Å². The maximum Gasteiger partial charge on any atom is 3.00 e. The summed E-state index contributed by atoms with van der Waals surface area (Å²) < 4.78 is 0. The maximum atomic E-state index is 8.89. The van der Waals surface area contributed by atoms with Crippen molar-refractivity contribution in [2.24, 2.45) is 0 Å². The van der Waals surface area contributed by atoms with E-state index < -0.39 is 17.9 Å². The summed E-state index contributed by atoms with van der Waals surface area (Å²) in [6.45, 7) is 2.92. The van der Waals surface area contributed by atoms with Crippen LogP contribution in [0.2, 0.25) is 0 Å². The van der Waals surface area contributed by atoms with Crippen LogP contribution >= 0.6 is 0 Å². The minimum absolute atomic E-state index is 0. The van der Waals surface area contributed by atoms with Crippen LogP contribution in [0.3, 0.4) is 0 Å². The summed E-state index contributed by atoms with van der Waals surface area (Å²) in [6, 6.07) is 0. The average Bonchev–Trinajstić information content (AvgIpc) is 1.54. The van der Waals surface area contributed by atoms with Gasteiger partial charge in [-0.15, -0.1) is 0 Å². The minimum atomic E-state index is -1.08. The van der Waals surface area contributed by atoms with Crippen LogP contribution in [0.5, 0.6) is 0 Å². The zero-order valence-corrected chi connectivity index (χ0v) is 12.7. The summed E-state index contributed by atoms with van der Waals surface area (Å²) in [5.74, 6) is -3.25. The van der Waals surface area contributed by atoms with Crippen molar-refractivity contribution in [3.05, 3.63) is 0 Å². The Morgan fingerprint density at radius 1 is 0.588 bits per heavy atom. The van der Waals surface area contributed by atoms with Crippen LogP contribution < -0.4 is 15.3 Å². The Balaban J connectivity index is -0.0000000104. The molecule has 0 saturated heterocycles. The molecule has 0 aliphatic heterocycles. The molecule has 0 saturated carbocycles. The molecule has 1 radical (unpaired) electrons. The number of carboxylic acids is 3. The van der Waals surface area contributed by atoms with E-state index in [-0.39, 0.29) is 62.7 Å². The fourth-order valence-corrected chi connectivity index (χ4v) is 0. The van der Waals surface area contributed by atoms with Gasteiger partial charge in [-0.05, 0) is 20.8 Å². The van der Waals surface area contributed by atoms with Gasteiger partial charge in [-0.3, -0.25) is 0 Å². The standard InChI is InChI=1S/3C2H4O2.Nd.4H2O/c3*1-2(3)4;;;;;/h3*1H3,(H,3,4);;4*1H2/q;;;+3;;;;/p-3. The number of hydrogen-bond donors (Lipinski definition) is 0. The van der Waals surface area contributed by atoms with Crippen molar-refractivity contribution in [2.45, 2.75) is 20.8 Å². The maximum absolute atomic E-state index is 8.89. The fraction of sp³-hybridized carbons (Fsp3) is 0.500. The van der Waals surface area contributed by atoms with Gasteiger partial charge in [-0.2, -0.15) is 0 Å². The predicted molar refractivity (Wildman–Crippen MR) is 46.5 cm³/mol. The molecule has 0 aliphatic carbocycles. The van der Waals surface area contributed by atoms with E-state index in [1.165, 1.54) is 0 Å². The van der Waals surface area contributed by atoms with Gasteiger partial charge >= 0.3 is 40.8 Å². The molecule has 0 aromatic carbocycles. The molecule has 105 valence electrons. The molecular formula is C6H17NdO10. The van der Waals surface area contributed by atoms with Crippen molar-refractivity contribution < 1.29 is 92.4 Å². The Morgan fingerprint density at radius 3 is 0.588 bits per heavy atom. The summed E-state index contributed by atoms with van der Waals surface area (Å²) in [4.78, 5) is 26.7. The summed E-state index contributed by atoms with van der Waals surface area (Å²) in [6.07, 6.45) is 0. The third-order valence-corrected chi connectivity index (χ3v) is 0. The topological polar surface area (TPSA) is 246 Å². The quantitative estimate of drug-likeness (QED) is 0.386. The van der Waals surface area contributed by atoms with Gasteiger partial charge in [0.05, 0.1) is 0 Å². The minimum Gasteiger partial charge on any atom is -0.550 e. The number of carbonyl (C=O) groups is 3. The van der Waals surface area contributed by atoms with E-state index in [9.17, 15) is 0 Å². The zero-order valence-electron chi connectivity index (χ0n) is 9.45. The van der Waals surface area contributed by atoms with Crippen molar-refractivity contribution >= 4 is 17.9 Å². The Bertz CT molecular complexity index is 118. The van der Waals surface area contributed by atoms with Gasteiger partial charge < -0.3 is 51.6 Å². The summed E-state index contributed by atoms with van der Waals surface area (Å²) in [7, 11) is 0. The molecule has 0 heterocycles. The second-order valence-electron chi connectivity index (χ2n) is 1.47. The fourth-order valence-electron chi connectivity index (χ4n) is 0. The molecule has 11 heteroatoms. The van der Waals surface area contributed by atoms with Gasteiger partial charge in [0.15, 0.2) is 0 Å². The van der Waals surface area contributed by atoms with Crippen LogP contribution in [-0.4, -0.2) is 39.8 Å². The van der Waals surface area contributed by atoms with Crippen molar-refractivity contribution in [3.8, 4) is 0 Å². The van der Waals surface area contributed by atoms with E-state index in [2.05, 4.69) is 0 Å². The second kappa shape index (κ2) is 45.0. The number of hydrogen-bond acceptors (Lipinski definition) is 6. The molecule has 0 bridgehead atoms. The summed E-state index contributed by atoms with van der Waals surface area (Å²) >= 11 is 0. The van der Waals surface area contributed by atoms with Gasteiger partial charge in [0.2, 0.25) is 0 Å². The molecule has 0 aromatic rings. The zero-order chi connectivity index (χ0) is 10.7. The molecule has 0 unspecified atom stereocenters. The Hall–Kier alpha value is -0.399. The second-order valence-corrected chi connectivity index (χ2v) is 1.47. The Morgan fingerprint density at radius 2 is 0.588 bits per heavy atom. The first-order valence-corrected chi connectivity index (χ1v) is 2.72. The van der Waals surface area contributed by atoms with E-state index in [0.717, 1.165) is 20.8 Å². The first-order valence-electron chi connectivity index (χ1n) is 2.72. The largest absolute Gasteiger partial charge is 3.00 e. The molecule has 0 spiro atoms.